The standard InChI is InChI=1S/C9H11Br2NS/c1-2-3-4-12-6-7-5-8(10)9(11)13-7/h2,5,12H,1,3-4,6H2. The van der Waals surface area contributed by atoms with Crippen LogP contribution in [0.15, 0.2) is 27.0 Å². The van der Waals surface area contributed by atoms with Crippen LogP contribution in [-0.4, -0.2) is 6.54 Å². The lowest BCUT2D eigenvalue weighted by molar-refractivity contribution is 0.703. The van der Waals surface area contributed by atoms with Crippen molar-refractivity contribution in [2.24, 2.45) is 0 Å². The molecule has 0 unspecified atom stereocenters. The smallest absolute Gasteiger partial charge is 0.0843 e. The molecular weight excluding hydrogens is 314 g/mol. The first-order valence-electron chi connectivity index (χ1n) is 3.99. The van der Waals surface area contributed by atoms with Crippen molar-refractivity contribution >= 4 is 43.2 Å². The summed E-state index contributed by atoms with van der Waals surface area (Å²) in [7, 11) is 0. The van der Waals surface area contributed by atoms with Crippen LogP contribution in [0, 0.1) is 0 Å². The molecule has 0 aliphatic heterocycles. The average molecular weight is 325 g/mol. The third-order valence-corrected chi connectivity index (χ3v) is 4.78. The normalized spacial score (nSPS) is 10.3. The van der Waals surface area contributed by atoms with Crippen LogP contribution in [0.25, 0.3) is 0 Å². The summed E-state index contributed by atoms with van der Waals surface area (Å²) >= 11 is 8.68. The third kappa shape index (κ3) is 3.94. The fraction of sp³-hybridized carbons (Fsp3) is 0.333. The highest BCUT2D eigenvalue weighted by molar-refractivity contribution is 9.13. The predicted molar refractivity (Wildman–Crippen MR) is 66.2 cm³/mol. The van der Waals surface area contributed by atoms with Gasteiger partial charge in [-0.25, -0.2) is 0 Å². The van der Waals surface area contributed by atoms with Gasteiger partial charge in [-0.1, -0.05) is 6.08 Å². The lowest BCUT2D eigenvalue weighted by Gasteiger charge is -1.98. The molecular formula is C9H11Br2NS. The second-order valence-electron chi connectivity index (χ2n) is 2.59. The Morgan fingerprint density at radius 3 is 2.85 bits per heavy atom. The zero-order chi connectivity index (χ0) is 9.68. The van der Waals surface area contributed by atoms with Crippen molar-refractivity contribution in [1.29, 1.82) is 0 Å². The molecule has 0 amide bonds. The summed E-state index contributed by atoms with van der Waals surface area (Å²) in [4.78, 5) is 1.34. The molecule has 1 heterocycles. The molecule has 72 valence electrons. The van der Waals surface area contributed by atoms with Gasteiger partial charge >= 0.3 is 0 Å². The van der Waals surface area contributed by atoms with Crippen LogP contribution in [0.1, 0.15) is 11.3 Å². The largest absolute Gasteiger partial charge is 0.312 e. The van der Waals surface area contributed by atoms with Gasteiger partial charge in [0.1, 0.15) is 0 Å². The Morgan fingerprint density at radius 1 is 1.54 bits per heavy atom. The fourth-order valence-corrected chi connectivity index (χ4v) is 3.04. The molecule has 0 bridgehead atoms. The number of thiophene rings is 1. The molecule has 0 aliphatic rings. The van der Waals surface area contributed by atoms with Crippen LogP contribution in [0.5, 0.6) is 0 Å². The highest BCUT2D eigenvalue weighted by Crippen LogP contribution is 2.32. The second-order valence-corrected chi connectivity index (χ2v) is 5.90. The highest BCUT2D eigenvalue weighted by Gasteiger charge is 2.02. The van der Waals surface area contributed by atoms with E-state index in [1.807, 2.05) is 6.08 Å². The van der Waals surface area contributed by atoms with E-state index in [0.29, 0.717) is 0 Å². The molecule has 0 saturated carbocycles. The number of halogens is 2. The van der Waals surface area contributed by atoms with Crippen molar-refractivity contribution in [2.45, 2.75) is 13.0 Å². The Labute approximate surface area is 99.5 Å². The van der Waals surface area contributed by atoms with Crippen LogP contribution in [0.4, 0.5) is 0 Å². The van der Waals surface area contributed by atoms with E-state index in [1.54, 1.807) is 11.3 Å². The van der Waals surface area contributed by atoms with Gasteiger partial charge in [0.2, 0.25) is 0 Å². The lowest BCUT2D eigenvalue weighted by atomic mass is 10.4. The molecule has 1 rings (SSSR count). The first-order chi connectivity index (χ1) is 6.24. The van der Waals surface area contributed by atoms with Crippen molar-refractivity contribution < 1.29 is 0 Å². The minimum Gasteiger partial charge on any atom is -0.312 e. The Bertz CT molecular complexity index is 264. The van der Waals surface area contributed by atoms with Crippen molar-refractivity contribution in [3.05, 3.63) is 31.9 Å². The molecule has 13 heavy (non-hydrogen) atoms. The molecule has 0 spiro atoms. The van der Waals surface area contributed by atoms with E-state index in [0.717, 1.165) is 27.8 Å². The van der Waals surface area contributed by atoms with Crippen LogP contribution >= 0.6 is 43.2 Å². The first kappa shape index (κ1) is 11.4. The number of hydrogen-bond acceptors (Lipinski definition) is 2. The Balaban J connectivity index is 2.32. The molecule has 0 atom stereocenters. The van der Waals surface area contributed by atoms with E-state index >= 15 is 0 Å². The number of hydrogen-bond donors (Lipinski definition) is 1. The fourth-order valence-electron chi connectivity index (χ4n) is 0.894. The number of nitrogens with one attached hydrogen (secondary N) is 1. The van der Waals surface area contributed by atoms with E-state index in [4.69, 9.17) is 0 Å². The second kappa shape index (κ2) is 5.96. The average Bonchev–Trinajstić information content (AvgIpc) is 2.41. The maximum Gasteiger partial charge on any atom is 0.0843 e. The molecule has 1 nitrogen and oxygen atoms in total. The molecule has 1 N–H and O–H groups in total. The van der Waals surface area contributed by atoms with Crippen LogP contribution in [0.2, 0.25) is 0 Å². The lowest BCUT2D eigenvalue weighted by Crippen LogP contribution is -2.12. The van der Waals surface area contributed by atoms with E-state index in [2.05, 4.69) is 49.8 Å². The van der Waals surface area contributed by atoms with Gasteiger partial charge in [-0.15, -0.1) is 17.9 Å². The van der Waals surface area contributed by atoms with Crippen molar-refractivity contribution in [1.82, 2.24) is 5.32 Å². The Morgan fingerprint density at radius 2 is 2.31 bits per heavy atom. The maximum atomic E-state index is 3.67. The van der Waals surface area contributed by atoms with Gasteiger partial charge in [-0.3, -0.25) is 0 Å². The molecule has 4 heteroatoms. The topological polar surface area (TPSA) is 12.0 Å². The van der Waals surface area contributed by atoms with E-state index in [9.17, 15) is 0 Å². The van der Waals surface area contributed by atoms with E-state index < -0.39 is 0 Å². The number of rotatable bonds is 5. The molecule has 0 aromatic carbocycles. The van der Waals surface area contributed by atoms with Gasteiger partial charge in [-0.2, -0.15) is 0 Å². The maximum absolute atomic E-state index is 3.67. The van der Waals surface area contributed by atoms with E-state index in [1.165, 1.54) is 4.88 Å². The Kier molecular flexibility index (Phi) is 5.24. The molecule has 1 aromatic heterocycles. The van der Waals surface area contributed by atoms with Crippen molar-refractivity contribution in [3.8, 4) is 0 Å². The summed E-state index contributed by atoms with van der Waals surface area (Å²) in [6.07, 6.45) is 2.95. The molecule has 0 fully saturated rings. The van der Waals surface area contributed by atoms with Gasteiger partial charge in [0.25, 0.3) is 0 Å². The van der Waals surface area contributed by atoms with Gasteiger partial charge in [0, 0.05) is 15.9 Å². The van der Waals surface area contributed by atoms with Crippen molar-refractivity contribution in [2.75, 3.05) is 6.54 Å². The summed E-state index contributed by atoms with van der Waals surface area (Å²) in [6, 6.07) is 2.13. The quantitative estimate of drug-likeness (QED) is 0.639. The molecule has 0 saturated heterocycles. The van der Waals surface area contributed by atoms with Crippen LogP contribution in [0.3, 0.4) is 0 Å². The monoisotopic (exact) mass is 323 g/mol. The summed E-state index contributed by atoms with van der Waals surface area (Å²) in [5, 5.41) is 3.34. The van der Waals surface area contributed by atoms with Gasteiger partial charge in [0.05, 0.1) is 3.79 Å². The third-order valence-electron chi connectivity index (χ3n) is 1.52. The minimum atomic E-state index is 0.933. The minimum absolute atomic E-state index is 0.933. The van der Waals surface area contributed by atoms with E-state index in [-0.39, 0.29) is 0 Å². The molecule has 1 aromatic rings. The predicted octanol–water partition coefficient (Wildman–Crippen LogP) is 3.94. The summed E-state index contributed by atoms with van der Waals surface area (Å²) in [6.45, 7) is 5.60. The van der Waals surface area contributed by atoms with Gasteiger partial charge < -0.3 is 5.32 Å². The first-order valence-corrected chi connectivity index (χ1v) is 6.39. The van der Waals surface area contributed by atoms with Gasteiger partial charge in [0.15, 0.2) is 0 Å². The summed E-state index contributed by atoms with van der Waals surface area (Å²) in [5.74, 6) is 0. The molecule has 0 radical (unpaired) electrons. The van der Waals surface area contributed by atoms with Crippen LogP contribution in [-0.2, 0) is 6.54 Å². The zero-order valence-electron chi connectivity index (χ0n) is 7.15. The van der Waals surface area contributed by atoms with Crippen molar-refractivity contribution in [3.63, 3.8) is 0 Å². The summed E-state index contributed by atoms with van der Waals surface area (Å²) < 4.78 is 2.30. The molecule has 0 aliphatic carbocycles. The SMILES string of the molecule is C=CCCNCc1cc(Br)c(Br)s1. The highest BCUT2D eigenvalue weighted by atomic mass is 79.9. The summed E-state index contributed by atoms with van der Waals surface area (Å²) in [5.41, 5.74) is 0. The van der Waals surface area contributed by atoms with Gasteiger partial charge in [-0.05, 0) is 50.9 Å². The Hall–Kier alpha value is 0.360. The zero-order valence-corrected chi connectivity index (χ0v) is 11.1. The van der Waals surface area contributed by atoms with Crippen LogP contribution < -0.4 is 5.32 Å².